The molecule has 0 aliphatic rings. The van der Waals surface area contributed by atoms with Gasteiger partial charge in [-0.25, -0.2) is 9.97 Å². The molecule has 96 valence electrons. The van der Waals surface area contributed by atoms with Crippen LogP contribution in [0.5, 0.6) is 0 Å². The molecule has 4 nitrogen and oxygen atoms in total. The smallest absolute Gasteiger partial charge is 0.196 e. The summed E-state index contributed by atoms with van der Waals surface area (Å²) in [6, 6.07) is 3.74. The largest absolute Gasteiger partial charge is 0.461 e. The first kappa shape index (κ1) is 12.8. The summed E-state index contributed by atoms with van der Waals surface area (Å²) in [7, 11) is 1.97. The number of hydrogen-bond acceptors (Lipinski definition) is 4. The van der Waals surface area contributed by atoms with E-state index in [4.69, 9.17) is 4.42 Å². The van der Waals surface area contributed by atoms with Gasteiger partial charge in [-0.05, 0) is 58.0 Å². The molecule has 1 N–H and O–H groups in total. The van der Waals surface area contributed by atoms with Crippen LogP contribution < -0.4 is 5.32 Å². The Bertz CT molecular complexity index is 483. The molecule has 0 aliphatic heterocycles. The normalized spacial score (nSPS) is 10.8. The zero-order valence-corrected chi connectivity index (χ0v) is 11.2. The third kappa shape index (κ3) is 2.76. The summed E-state index contributed by atoms with van der Waals surface area (Å²) in [5.41, 5.74) is 3.34. The molecule has 0 bridgehead atoms. The van der Waals surface area contributed by atoms with Crippen LogP contribution in [0, 0.1) is 13.8 Å². The highest BCUT2D eigenvalue weighted by atomic mass is 16.3. The minimum absolute atomic E-state index is 0.673. The first-order chi connectivity index (χ1) is 8.72. The van der Waals surface area contributed by atoms with Gasteiger partial charge >= 0.3 is 0 Å². The number of aromatic nitrogens is 2. The number of aryl methyl sites for hydroxylation is 2. The second-order valence-corrected chi connectivity index (χ2v) is 4.38. The third-order valence-electron chi connectivity index (χ3n) is 3.02. The number of rotatable bonds is 5. The molecule has 0 fully saturated rings. The minimum Gasteiger partial charge on any atom is -0.461 e. The Balaban J connectivity index is 2.24. The molecule has 0 atom stereocenters. The van der Waals surface area contributed by atoms with Crippen molar-refractivity contribution < 1.29 is 4.42 Å². The molecule has 0 saturated heterocycles. The maximum atomic E-state index is 5.33. The molecule has 0 aliphatic carbocycles. The number of hydrogen-bond donors (Lipinski definition) is 1. The van der Waals surface area contributed by atoms with Crippen LogP contribution in [0.15, 0.2) is 22.8 Å². The lowest BCUT2D eigenvalue weighted by Crippen LogP contribution is -2.10. The predicted molar refractivity (Wildman–Crippen MR) is 71.5 cm³/mol. The highest BCUT2D eigenvalue weighted by Crippen LogP contribution is 2.19. The van der Waals surface area contributed by atoms with Crippen LogP contribution in [0.2, 0.25) is 0 Å². The highest BCUT2D eigenvalue weighted by molar-refractivity contribution is 5.47. The van der Waals surface area contributed by atoms with Crippen molar-refractivity contribution in [2.24, 2.45) is 0 Å². The Labute approximate surface area is 107 Å². The first-order valence-electron chi connectivity index (χ1n) is 6.25. The molecule has 0 aromatic carbocycles. The topological polar surface area (TPSA) is 51.0 Å². The molecule has 0 spiro atoms. The molecule has 4 heteroatoms. The van der Waals surface area contributed by atoms with E-state index in [-0.39, 0.29) is 0 Å². The van der Waals surface area contributed by atoms with Gasteiger partial charge in [-0.3, -0.25) is 0 Å². The van der Waals surface area contributed by atoms with Crippen LogP contribution in [0.25, 0.3) is 11.6 Å². The SMILES string of the molecule is CNCCCc1c(C)nc(-c2ccco2)nc1C. The Morgan fingerprint density at radius 1 is 1.22 bits per heavy atom. The molecule has 0 unspecified atom stereocenters. The van der Waals surface area contributed by atoms with Crippen LogP contribution >= 0.6 is 0 Å². The predicted octanol–water partition coefficient (Wildman–Crippen LogP) is 2.51. The van der Waals surface area contributed by atoms with E-state index in [2.05, 4.69) is 15.3 Å². The van der Waals surface area contributed by atoms with E-state index in [1.54, 1.807) is 6.26 Å². The number of nitrogens with zero attached hydrogens (tertiary/aromatic N) is 2. The van der Waals surface area contributed by atoms with Gasteiger partial charge < -0.3 is 9.73 Å². The highest BCUT2D eigenvalue weighted by Gasteiger charge is 2.11. The lowest BCUT2D eigenvalue weighted by atomic mass is 10.1. The van der Waals surface area contributed by atoms with E-state index in [1.165, 1.54) is 5.56 Å². The van der Waals surface area contributed by atoms with Crippen molar-refractivity contribution >= 4 is 0 Å². The molecular formula is C14H19N3O. The fraction of sp³-hybridized carbons (Fsp3) is 0.429. The molecule has 0 saturated carbocycles. The maximum absolute atomic E-state index is 5.33. The van der Waals surface area contributed by atoms with Crippen molar-refractivity contribution in [1.82, 2.24) is 15.3 Å². The molecule has 0 radical (unpaired) electrons. The van der Waals surface area contributed by atoms with Crippen molar-refractivity contribution in [3.05, 3.63) is 35.3 Å². The zero-order valence-electron chi connectivity index (χ0n) is 11.2. The average Bonchev–Trinajstić information content (AvgIpc) is 2.86. The zero-order chi connectivity index (χ0) is 13.0. The van der Waals surface area contributed by atoms with E-state index in [0.717, 1.165) is 36.5 Å². The van der Waals surface area contributed by atoms with Gasteiger partial charge in [-0.15, -0.1) is 0 Å². The van der Waals surface area contributed by atoms with Crippen molar-refractivity contribution in [2.45, 2.75) is 26.7 Å². The summed E-state index contributed by atoms with van der Waals surface area (Å²) >= 11 is 0. The number of furan rings is 1. The van der Waals surface area contributed by atoms with Gasteiger partial charge in [0.05, 0.1) is 6.26 Å². The van der Waals surface area contributed by atoms with Crippen molar-refractivity contribution in [3.8, 4) is 11.6 Å². The van der Waals surface area contributed by atoms with Crippen LogP contribution in [-0.2, 0) is 6.42 Å². The second kappa shape index (κ2) is 5.78. The summed E-state index contributed by atoms with van der Waals surface area (Å²) in [6.45, 7) is 5.09. The first-order valence-corrected chi connectivity index (χ1v) is 6.25. The Morgan fingerprint density at radius 2 is 1.94 bits per heavy atom. The van der Waals surface area contributed by atoms with Gasteiger partial charge in [0, 0.05) is 11.4 Å². The van der Waals surface area contributed by atoms with Crippen molar-refractivity contribution in [1.29, 1.82) is 0 Å². The molecular weight excluding hydrogens is 226 g/mol. The van der Waals surface area contributed by atoms with Crippen molar-refractivity contribution in [2.75, 3.05) is 13.6 Å². The van der Waals surface area contributed by atoms with Crippen LogP contribution in [-0.4, -0.2) is 23.6 Å². The summed E-state index contributed by atoms with van der Waals surface area (Å²) < 4.78 is 5.33. The van der Waals surface area contributed by atoms with Gasteiger partial charge in [0.1, 0.15) is 0 Å². The van der Waals surface area contributed by atoms with E-state index in [9.17, 15) is 0 Å². The Hall–Kier alpha value is -1.68. The summed E-state index contributed by atoms with van der Waals surface area (Å²) in [6.07, 6.45) is 3.75. The molecule has 18 heavy (non-hydrogen) atoms. The van der Waals surface area contributed by atoms with Gasteiger partial charge in [0.25, 0.3) is 0 Å². The van der Waals surface area contributed by atoms with E-state index < -0.39 is 0 Å². The van der Waals surface area contributed by atoms with Crippen molar-refractivity contribution in [3.63, 3.8) is 0 Å². The van der Waals surface area contributed by atoms with Gasteiger partial charge in [-0.1, -0.05) is 0 Å². The number of nitrogens with one attached hydrogen (secondary N) is 1. The minimum atomic E-state index is 0.673. The quantitative estimate of drug-likeness (QED) is 0.822. The Kier molecular flexibility index (Phi) is 4.10. The van der Waals surface area contributed by atoms with Crippen LogP contribution in [0.4, 0.5) is 0 Å². The van der Waals surface area contributed by atoms with Crippen LogP contribution in [0.3, 0.4) is 0 Å². The molecule has 2 rings (SSSR count). The molecule has 2 heterocycles. The lowest BCUT2D eigenvalue weighted by molar-refractivity contribution is 0.576. The van der Waals surface area contributed by atoms with Crippen LogP contribution in [0.1, 0.15) is 23.4 Å². The van der Waals surface area contributed by atoms with E-state index in [0.29, 0.717) is 5.82 Å². The lowest BCUT2D eigenvalue weighted by Gasteiger charge is -2.09. The molecule has 0 amide bonds. The Morgan fingerprint density at radius 3 is 2.50 bits per heavy atom. The second-order valence-electron chi connectivity index (χ2n) is 4.38. The van der Waals surface area contributed by atoms with Gasteiger partial charge in [0.2, 0.25) is 0 Å². The summed E-state index contributed by atoms with van der Waals surface area (Å²) in [5.74, 6) is 1.40. The summed E-state index contributed by atoms with van der Waals surface area (Å²) in [5, 5.41) is 3.15. The van der Waals surface area contributed by atoms with Gasteiger partial charge in [0.15, 0.2) is 11.6 Å². The average molecular weight is 245 g/mol. The maximum Gasteiger partial charge on any atom is 0.196 e. The fourth-order valence-electron chi connectivity index (χ4n) is 2.06. The third-order valence-corrected chi connectivity index (χ3v) is 3.02. The van der Waals surface area contributed by atoms with E-state index in [1.807, 2.05) is 33.0 Å². The molecule has 2 aromatic rings. The fourth-order valence-corrected chi connectivity index (χ4v) is 2.06. The van der Waals surface area contributed by atoms with E-state index >= 15 is 0 Å². The van der Waals surface area contributed by atoms with Gasteiger partial charge in [-0.2, -0.15) is 0 Å². The standard InChI is InChI=1S/C14H19N3O/c1-10-12(6-4-8-15-3)11(2)17-14(16-10)13-7-5-9-18-13/h5,7,9,15H,4,6,8H2,1-3H3. The summed E-state index contributed by atoms with van der Waals surface area (Å²) in [4.78, 5) is 9.06. The molecule has 2 aromatic heterocycles. The monoisotopic (exact) mass is 245 g/mol.